The van der Waals surface area contributed by atoms with Gasteiger partial charge in [-0.2, -0.15) is 0 Å². The van der Waals surface area contributed by atoms with Gasteiger partial charge in [0.1, 0.15) is 22.3 Å². The van der Waals surface area contributed by atoms with E-state index in [1.54, 1.807) is 0 Å². The SMILES string of the molecule is c1ccc(-c2ccc(N(c3ccc(-c4cccc5c4oc4ccccc45)cc3)c3ccccc3-c3cccc4c5ccc6oc7ccccc7c6c5c5ccccc5c34)cc2)cc1. The summed E-state index contributed by atoms with van der Waals surface area (Å²) >= 11 is 0. The molecule has 0 fully saturated rings. The smallest absolute Gasteiger partial charge is 0.143 e. The van der Waals surface area contributed by atoms with E-state index < -0.39 is 0 Å². The molecule has 0 spiro atoms. The molecule has 0 atom stereocenters. The van der Waals surface area contributed by atoms with E-state index in [9.17, 15) is 0 Å². The summed E-state index contributed by atoms with van der Waals surface area (Å²) in [5.74, 6) is 0. The van der Waals surface area contributed by atoms with Crippen LogP contribution in [-0.2, 0) is 0 Å². The summed E-state index contributed by atoms with van der Waals surface area (Å²) in [6.45, 7) is 0. The van der Waals surface area contributed by atoms with E-state index in [1.165, 1.54) is 49.0 Å². The van der Waals surface area contributed by atoms with Gasteiger partial charge in [-0.25, -0.2) is 0 Å². The van der Waals surface area contributed by atoms with E-state index in [4.69, 9.17) is 8.83 Å². The van der Waals surface area contributed by atoms with Crippen molar-refractivity contribution in [3.63, 3.8) is 0 Å². The fourth-order valence-corrected chi connectivity index (χ4v) is 10.1. The van der Waals surface area contributed by atoms with Crippen LogP contribution in [0.1, 0.15) is 0 Å². The molecular formula is C60H37NO2. The average Bonchev–Trinajstić information content (AvgIpc) is 3.94. The minimum Gasteiger partial charge on any atom is -0.456 e. The van der Waals surface area contributed by atoms with Crippen molar-refractivity contribution in [2.75, 3.05) is 4.90 Å². The van der Waals surface area contributed by atoms with Gasteiger partial charge in [-0.3, -0.25) is 0 Å². The molecule has 0 bridgehead atoms. The first kappa shape index (κ1) is 35.4. The molecule has 294 valence electrons. The lowest BCUT2D eigenvalue weighted by atomic mass is 9.87. The topological polar surface area (TPSA) is 29.5 Å². The van der Waals surface area contributed by atoms with Crippen molar-refractivity contribution < 1.29 is 8.83 Å². The Hall–Kier alpha value is -8.40. The third-order valence-corrected chi connectivity index (χ3v) is 12.9. The molecule has 3 nitrogen and oxygen atoms in total. The highest BCUT2D eigenvalue weighted by Crippen LogP contribution is 2.48. The molecule has 3 heteroatoms. The molecule has 0 aliphatic rings. The lowest BCUT2D eigenvalue weighted by molar-refractivity contribution is 0.669. The minimum atomic E-state index is 0.899. The van der Waals surface area contributed by atoms with Crippen LogP contribution >= 0.6 is 0 Å². The number of para-hydroxylation sites is 4. The standard InChI is InChI=1S/C60H37NO2/c1-2-14-38(15-3-1)39-28-32-41(33-29-39)61(42-34-30-40(31-35-42)43-21-12-24-51-45-17-7-10-26-54(45)63-60(43)51)53-25-9-6-16-44(53)46-22-13-23-48-50-36-37-56-59(52-20-8-11-27-55(52)62-56)58(50)49-19-5-4-18-47(49)57(46)48/h1-37H. The van der Waals surface area contributed by atoms with Crippen LogP contribution in [-0.4, -0.2) is 0 Å². The van der Waals surface area contributed by atoms with Crippen LogP contribution in [0.2, 0.25) is 0 Å². The maximum absolute atomic E-state index is 6.48. The Kier molecular flexibility index (Phi) is 7.91. The summed E-state index contributed by atoms with van der Waals surface area (Å²) in [6.07, 6.45) is 0. The Bertz CT molecular complexity index is 3870. The first-order valence-corrected chi connectivity index (χ1v) is 21.5. The maximum atomic E-state index is 6.48. The molecule has 0 N–H and O–H groups in total. The van der Waals surface area contributed by atoms with Crippen molar-refractivity contribution in [1.29, 1.82) is 0 Å². The van der Waals surface area contributed by atoms with Gasteiger partial charge in [0.2, 0.25) is 0 Å². The fourth-order valence-electron chi connectivity index (χ4n) is 10.1. The number of hydrogen-bond acceptors (Lipinski definition) is 3. The zero-order valence-corrected chi connectivity index (χ0v) is 34.1. The second kappa shape index (κ2) is 14.1. The lowest BCUT2D eigenvalue weighted by Gasteiger charge is -2.29. The minimum absolute atomic E-state index is 0.899. The van der Waals surface area contributed by atoms with Crippen LogP contribution in [0.3, 0.4) is 0 Å². The van der Waals surface area contributed by atoms with Gasteiger partial charge in [0.25, 0.3) is 0 Å². The largest absolute Gasteiger partial charge is 0.456 e. The highest BCUT2D eigenvalue weighted by molar-refractivity contribution is 6.36. The van der Waals surface area contributed by atoms with Crippen molar-refractivity contribution in [3.05, 3.63) is 224 Å². The zero-order valence-electron chi connectivity index (χ0n) is 34.1. The van der Waals surface area contributed by atoms with Crippen LogP contribution in [0.4, 0.5) is 17.1 Å². The van der Waals surface area contributed by atoms with Gasteiger partial charge in [-0.15, -0.1) is 0 Å². The molecule has 0 unspecified atom stereocenters. The molecule has 63 heavy (non-hydrogen) atoms. The van der Waals surface area contributed by atoms with Gasteiger partial charge in [0.15, 0.2) is 0 Å². The molecule has 0 saturated heterocycles. The summed E-state index contributed by atoms with van der Waals surface area (Å²) in [5.41, 5.74) is 13.7. The third kappa shape index (κ3) is 5.53. The number of fused-ring (bicyclic) bond motifs is 13. The molecule has 0 aliphatic heterocycles. The van der Waals surface area contributed by atoms with Gasteiger partial charge in [-0.1, -0.05) is 170 Å². The number of hydrogen-bond donors (Lipinski definition) is 0. The molecule has 13 rings (SSSR count). The first-order valence-electron chi connectivity index (χ1n) is 21.5. The Morgan fingerprint density at radius 3 is 1.51 bits per heavy atom. The molecule has 0 radical (unpaired) electrons. The monoisotopic (exact) mass is 803 g/mol. The first-order chi connectivity index (χ1) is 31.3. The molecule has 2 heterocycles. The number of nitrogens with zero attached hydrogens (tertiary/aromatic N) is 1. The van der Waals surface area contributed by atoms with Crippen molar-refractivity contribution in [2.24, 2.45) is 0 Å². The highest BCUT2D eigenvalue weighted by Gasteiger charge is 2.22. The van der Waals surface area contributed by atoms with E-state index in [1.807, 2.05) is 18.2 Å². The summed E-state index contributed by atoms with van der Waals surface area (Å²) in [6, 6.07) is 80.5. The summed E-state index contributed by atoms with van der Waals surface area (Å²) in [4.78, 5) is 2.40. The number of anilines is 3. The van der Waals surface area contributed by atoms with Crippen molar-refractivity contribution in [1.82, 2.24) is 0 Å². The lowest BCUT2D eigenvalue weighted by Crippen LogP contribution is -2.11. The average molecular weight is 804 g/mol. The molecule has 2 aromatic heterocycles. The Labute approximate surface area is 363 Å². The third-order valence-electron chi connectivity index (χ3n) is 12.9. The highest BCUT2D eigenvalue weighted by atomic mass is 16.3. The van der Waals surface area contributed by atoms with E-state index in [2.05, 4.69) is 211 Å². The van der Waals surface area contributed by atoms with Crippen molar-refractivity contribution in [3.8, 4) is 33.4 Å². The molecule has 0 amide bonds. The quantitative estimate of drug-likeness (QED) is 0.157. The predicted octanol–water partition coefficient (Wildman–Crippen LogP) is 17.4. The number of furan rings is 2. The maximum Gasteiger partial charge on any atom is 0.143 e. The molecule has 13 aromatic rings. The van der Waals surface area contributed by atoms with Crippen LogP contribution in [0.15, 0.2) is 233 Å². The van der Waals surface area contributed by atoms with Crippen LogP contribution in [0, 0.1) is 0 Å². The van der Waals surface area contributed by atoms with Crippen LogP contribution < -0.4 is 4.90 Å². The molecule has 11 aromatic carbocycles. The molecule has 0 aliphatic carbocycles. The normalized spacial score (nSPS) is 11.8. The van der Waals surface area contributed by atoms with Crippen LogP contribution in [0.25, 0.3) is 110 Å². The van der Waals surface area contributed by atoms with E-state index >= 15 is 0 Å². The van der Waals surface area contributed by atoms with E-state index in [-0.39, 0.29) is 0 Å². The van der Waals surface area contributed by atoms with Gasteiger partial charge in [0.05, 0.1) is 5.69 Å². The summed E-state index contributed by atoms with van der Waals surface area (Å²) in [5, 5.41) is 11.9. The van der Waals surface area contributed by atoms with Gasteiger partial charge < -0.3 is 13.7 Å². The molecular weight excluding hydrogens is 767 g/mol. The zero-order chi connectivity index (χ0) is 41.4. The summed E-state index contributed by atoms with van der Waals surface area (Å²) in [7, 11) is 0. The number of benzene rings is 11. The fraction of sp³-hybridized carbons (Fsp3) is 0. The predicted molar refractivity (Wildman–Crippen MR) is 265 cm³/mol. The Morgan fingerprint density at radius 1 is 0.254 bits per heavy atom. The Morgan fingerprint density at radius 2 is 0.762 bits per heavy atom. The van der Waals surface area contributed by atoms with E-state index in [0.717, 1.165) is 77.6 Å². The molecule has 0 saturated carbocycles. The number of rotatable bonds is 6. The second-order valence-electron chi connectivity index (χ2n) is 16.3. The van der Waals surface area contributed by atoms with Gasteiger partial charge in [0, 0.05) is 49.4 Å². The van der Waals surface area contributed by atoms with Gasteiger partial charge >= 0.3 is 0 Å². The van der Waals surface area contributed by atoms with Crippen LogP contribution in [0.5, 0.6) is 0 Å². The van der Waals surface area contributed by atoms with Gasteiger partial charge in [-0.05, 0) is 104 Å². The van der Waals surface area contributed by atoms with Crippen molar-refractivity contribution in [2.45, 2.75) is 0 Å². The van der Waals surface area contributed by atoms with E-state index in [0.29, 0.717) is 0 Å². The second-order valence-corrected chi connectivity index (χ2v) is 16.3. The summed E-state index contributed by atoms with van der Waals surface area (Å²) < 4.78 is 12.9. The van der Waals surface area contributed by atoms with Crippen molar-refractivity contribution >= 4 is 93.3 Å². The Balaban J connectivity index is 1.02.